The third-order valence-corrected chi connectivity index (χ3v) is 2.99. The SMILES string of the molecule is O=C1NC2c3ccccc3CCC2O1. The van der Waals surface area contributed by atoms with E-state index in [1.807, 2.05) is 12.1 Å². The molecule has 1 aliphatic heterocycles. The van der Waals surface area contributed by atoms with Crippen molar-refractivity contribution >= 4 is 6.09 Å². The fraction of sp³-hybridized carbons (Fsp3) is 0.364. The van der Waals surface area contributed by atoms with Gasteiger partial charge in [-0.2, -0.15) is 0 Å². The Morgan fingerprint density at radius 3 is 3.14 bits per heavy atom. The van der Waals surface area contributed by atoms with E-state index in [0.29, 0.717) is 0 Å². The Balaban J connectivity index is 2.05. The van der Waals surface area contributed by atoms with Gasteiger partial charge < -0.3 is 10.1 Å². The Morgan fingerprint density at radius 1 is 1.36 bits per heavy atom. The Bertz CT molecular complexity index is 389. The van der Waals surface area contributed by atoms with Crippen molar-refractivity contribution in [1.82, 2.24) is 5.32 Å². The zero-order chi connectivity index (χ0) is 9.54. The highest BCUT2D eigenvalue weighted by Crippen LogP contribution is 2.34. The maximum Gasteiger partial charge on any atom is 0.408 e. The van der Waals surface area contributed by atoms with Gasteiger partial charge in [0.1, 0.15) is 6.10 Å². The van der Waals surface area contributed by atoms with Crippen LogP contribution in [0.15, 0.2) is 24.3 Å². The summed E-state index contributed by atoms with van der Waals surface area (Å²) < 4.78 is 5.17. The van der Waals surface area contributed by atoms with E-state index in [2.05, 4.69) is 17.4 Å². The summed E-state index contributed by atoms with van der Waals surface area (Å²) in [6.07, 6.45) is 1.70. The molecule has 0 aromatic heterocycles. The van der Waals surface area contributed by atoms with Crippen molar-refractivity contribution in [3.63, 3.8) is 0 Å². The summed E-state index contributed by atoms with van der Waals surface area (Å²) >= 11 is 0. The van der Waals surface area contributed by atoms with Crippen molar-refractivity contribution < 1.29 is 9.53 Å². The molecule has 3 heteroatoms. The molecule has 0 radical (unpaired) electrons. The van der Waals surface area contributed by atoms with Crippen molar-refractivity contribution in [3.05, 3.63) is 35.4 Å². The average Bonchev–Trinajstić information content (AvgIpc) is 2.59. The number of benzene rings is 1. The van der Waals surface area contributed by atoms with Crippen LogP contribution in [0, 0.1) is 0 Å². The molecule has 1 aromatic carbocycles. The van der Waals surface area contributed by atoms with E-state index in [0.717, 1.165) is 12.8 Å². The number of alkyl carbamates (subject to hydrolysis) is 1. The summed E-state index contributed by atoms with van der Waals surface area (Å²) in [5.74, 6) is 0. The highest BCUT2D eigenvalue weighted by molar-refractivity contribution is 5.71. The number of nitrogens with one attached hydrogen (secondary N) is 1. The van der Waals surface area contributed by atoms with Crippen LogP contribution in [0.5, 0.6) is 0 Å². The molecule has 1 N–H and O–H groups in total. The lowest BCUT2D eigenvalue weighted by molar-refractivity contribution is 0.123. The van der Waals surface area contributed by atoms with Crippen LogP contribution in [-0.2, 0) is 11.2 Å². The summed E-state index contributed by atoms with van der Waals surface area (Å²) in [7, 11) is 0. The summed E-state index contributed by atoms with van der Waals surface area (Å²) in [6, 6.07) is 8.31. The second-order valence-electron chi connectivity index (χ2n) is 3.80. The van der Waals surface area contributed by atoms with E-state index >= 15 is 0 Å². The van der Waals surface area contributed by atoms with Gasteiger partial charge in [0.15, 0.2) is 0 Å². The van der Waals surface area contributed by atoms with Crippen molar-refractivity contribution in [3.8, 4) is 0 Å². The molecular formula is C11H11NO2. The number of carbonyl (C=O) groups excluding carboxylic acids is 1. The second kappa shape index (κ2) is 2.74. The van der Waals surface area contributed by atoms with Gasteiger partial charge in [0.2, 0.25) is 0 Å². The number of fused-ring (bicyclic) bond motifs is 3. The lowest BCUT2D eigenvalue weighted by atomic mass is 9.86. The minimum atomic E-state index is -0.281. The molecule has 3 nitrogen and oxygen atoms in total. The van der Waals surface area contributed by atoms with Gasteiger partial charge in [0.05, 0.1) is 6.04 Å². The molecule has 1 fully saturated rings. The molecule has 1 aliphatic carbocycles. The third-order valence-electron chi connectivity index (χ3n) is 2.99. The van der Waals surface area contributed by atoms with Crippen LogP contribution in [0.1, 0.15) is 23.6 Å². The highest BCUT2D eigenvalue weighted by atomic mass is 16.6. The first-order chi connectivity index (χ1) is 6.84. The number of rotatable bonds is 0. The zero-order valence-corrected chi connectivity index (χ0v) is 7.69. The summed E-state index contributed by atoms with van der Waals surface area (Å²) in [6.45, 7) is 0. The number of hydrogen-bond donors (Lipinski definition) is 1. The molecule has 2 atom stereocenters. The molecular weight excluding hydrogens is 178 g/mol. The molecule has 0 spiro atoms. The van der Waals surface area contributed by atoms with Gasteiger partial charge >= 0.3 is 6.09 Å². The minimum Gasteiger partial charge on any atom is -0.444 e. The van der Waals surface area contributed by atoms with E-state index < -0.39 is 0 Å². The van der Waals surface area contributed by atoms with Crippen LogP contribution >= 0.6 is 0 Å². The van der Waals surface area contributed by atoms with Crippen molar-refractivity contribution in [2.45, 2.75) is 25.0 Å². The van der Waals surface area contributed by atoms with E-state index in [1.165, 1.54) is 11.1 Å². The number of amides is 1. The van der Waals surface area contributed by atoms with Gasteiger partial charge in [0, 0.05) is 0 Å². The molecule has 14 heavy (non-hydrogen) atoms. The Labute approximate surface area is 82.1 Å². The second-order valence-corrected chi connectivity index (χ2v) is 3.80. The minimum absolute atomic E-state index is 0.0393. The Morgan fingerprint density at radius 2 is 2.21 bits per heavy atom. The first-order valence-electron chi connectivity index (χ1n) is 4.89. The largest absolute Gasteiger partial charge is 0.444 e. The van der Waals surface area contributed by atoms with Crippen LogP contribution in [0.4, 0.5) is 4.79 Å². The maximum absolute atomic E-state index is 11.1. The highest BCUT2D eigenvalue weighted by Gasteiger charge is 2.38. The standard InChI is InChI=1S/C11H11NO2/c13-11-12-10-8-4-2-1-3-7(8)5-6-9(10)14-11/h1-4,9-10H,5-6H2,(H,12,13). The van der Waals surface area contributed by atoms with Gasteiger partial charge in [-0.3, -0.25) is 0 Å². The zero-order valence-electron chi connectivity index (χ0n) is 7.69. The quantitative estimate of drug-likeness (QED) is 0.675. The van der Waals surface area contributed by atoms with Gasteiger partial charge in [0.25, 0.3) is 0 Å². The summed E-state index contributed by atoms with van der Waals surface area (Å²) in [4.78, 5) is 11.1. The summed E-state index contributed by atoms with van der Waals surface area (Å²) in [5, 5.41) is 2.85. The molecule has 3 rings (SSSR count). The fourth-order valence-electron chi connectivity index (χ4n) is 2.33. The van der Waals surface area contributed by atoms with Crippen LogP contribution < -0.4 is 5.32 Å². The molecule has 2 unspecified atom stereocenters. The number of carbonyl (C=O) groups is 1. The molecule has 1 saturated heterocycles. The number of aryl methyl sites for hydroxylation is 1. The molecule has 1 heterocycles. The Kier molecular flexibility index (Phi) is 1.54. The van der Waals surface area contributed by atoms with E-state index in [9.17, 15) is 4.79 Å². The van der Waals surface area contributed by atoms with Crippen molar-refractivity contribution in [1.29, 1.82) is 0 Å². The first kappa shape index (κ1) is 7.85. The normalized spacial score (nSPS) is 28.7. The molecule has 2 aliphatic rings. The molecule has 0 saturated carbocycles. The van der Waals surface area contributed by atoms with Crippen LogP contribution in [-0.4, -0.2) is 12.2 Å². The van der Waals surface area contributed by atoms with Gasteiger partial charge in [-0.15, -0.1) is 0 Å². The average molecular weight is 189 g/mol. The lowest BCUT2D eigenvalue weighted by Crippen LogP contribution is -2.27. The Hall–Kier alpha value is -1.51. The van der Waals surface area contributed by atoms with Gasteiger partial charge in [-0.05, 0) is 24.0 Å². The van der Waals surface area contributed by atoms with Crippen LogP contribution in [0.2, 0.25) is 0 Å². The predicted octanol–water partition coefficient (Wildman–Crippen LogP) is 1.78. The third kappa shape index (κ3) is 1.02. The monoisotopic (exact) mass is 189 g/mol. The molecule has 1 amide bonds. The van der Waals surface area contributed by atoms with E-state index in [1.54, 1.807) is 0 Å². The first-order valence-corrected chi connectivity index (χ1v) is 4.89. The smallest absolute Gasteiger partial charge is 0.408 e. The molecule has 0 bridgehead atoms. The predicted molar refractivity (Wildman–Crippen MR) is 50.9 cm³/mol. The van der Waals surface area contributed by atoms with Crippen LogP contribution in [0.3, 0.4) is 0 Å². The van der Waals surface area contributed by atoms with Crippen molar-refractivity contribution in [2.75, 3.05) is 0 Å². The fourth-order valence-corrected chi connectivity index (χ4v) is 2.33. The topological polar surface area (TPSA) is 38.3 Å². The summed E-state index contributed by atoms with van der Waals surface area (Å²) in [5.41, 5.74) is 2.55. The van der Waals surface area contributed by atoms with Crippen LogP contribution in [0.25, 0.3) is 0 Å². The molecule has 72 valence electrons. The number of hydrogen-bond acceptors (Lipinski definition) is 2. The van der Waals surface area contributed by atoms with Gasteiger partial charge in [-0.25, -0.2) is 4.79 Å². The maximum atomic E-state index is 11.1. The molecule has 1 aromatic rings. The van der Waals surface area contributed by atoms with E-state index in [4.69, 9.17) is 4.74 Å². The number of ether oxygens (including phenoxy) is 1. The van der Waals surface area contributed by atoms with Crippen molar-refractivity contribution in [2.24, 2.45) is 0 Å². The van der Waals surface area contributed by atoms with Gasteiger partial charge in [-0.1, -0.05) is 24.3 Å². The lowest BCUT2D eigenvalue weighted by Gasteiger charge is -2.25. The van der Waals surface area contributed by atoms with E-state index in [-0.39, 0.29) is 18.2 Å².